The van der Waals surface area contributed by atoms with E-state index in [0.717, 1.165) is 5.56 Å². The Morgan fingerprint density at radius 3 is 2.44 bits per heavy atom. The van der Waals surface area contributed by atoms with Gasteiger partial charge in [-0.2, -0.15) is 4.52 Å². The van der Waals surface area contributed by atoms with Gasteiger partial charge in [0.15, 0.2) is 10.8 Å². The molecule has 9 nitrogen and oxygen atoms in total. The highest BCUT2D eigenvalue weighted by Gasteiger charge is 2.16. The van der Waals surface area contributed by atoms with Crippen LogP contribution in [-0.4, -0.2) is 24.7 Å². The van der Waals surface area contributed by atoms with Gasteiger partial charge < -0.3 is 4.42 Å². The number of benzene rings is 2. The molecule has 0 aliphatic rings. The molecule has 5 rings (SSSR count). The molecule has 158 valence electrons. The van der Waals surface area contributed by atoms with Crippen LogP contribution in [0.15, 0.2) is 69.9 Å². The third-order valence-electron chi connectivity index (χ3n) is 4.72. The summed E-state index contributed by atoms with van der Waals surface area (Å²) in [6.45, 7) is 0. The van der Waals surface area contributed by atoms with E-state index >= 15 is 0 Å². The molecule has 0 saturated heterocycles. The van der Waals surface area contributed by atoms with Crippen molar-refractivity contribution in [3.05, 3.63) is 97.4 Å². The van der Waals surface area contributed by atoms with E-state index < -0.39 is 4.92 Å². The number of nitrogens with zero attached hydrogens (tertiary/aromatic N) is 5. The molecule has 0 atom stereocenters. The van der Waals surface area contributed by atoms with Crippen LogP contribution in [0, 0.1) is 10.1 Å². The van der Waals surface area contributed by atoms with E-state index in [1.807, 2.05) is 12.1 Å². The van der Waals surface area contributed by atoms with E-state index in [1.54, 1.807) is 36.4 Å². The number of rotatable bonds is 5. The minimum Gasteiger partial charge on any atom is -0.454 e. The highest BCUT2D eigenvalue weighted by Crippen LogP contribution is 2.31. The summed E-state index contributed by atoms with van der Waals surface area (Å²) < 4.78 is 7.08. The van der Waals surface area contributed by atoms with Crippen LogP contribution in [0.1, 0.15) is 11.3 Å². The molecule has 0 unspecified atom stereocenters. The Morgan fingerprint density at radius 2 is 1.72 bits per heavy atom. The highest BCUT2D eigenvalue weighted by molar-refractivity contribution is 7.19. The Labute approximate surface area is 188 Å². The third-order valence-corrected chi connectivity index (χ3v) is 5.89. The van der Waals surface area contributed by atoms with Gasteiger partial charge in [0.2, 0.25) is 4.96 Å². The van der Waals surface area contributed by atoms with Gasteiger partial charge in [-0.3, -0.25) is 14.9 Å². The Morgan fingerprint density at radius 1 is 1.00 bits per heavy atom. The molecule has 5 aromatic rings. The Kier molecular flexibility index (Phi) is 5.00. The van der Waals surface area contributed by atoms with Gasteiger partial charge in [0.05, 0.1) is 4.92 Å². The summed E-state index contributed by atoms with van der Waals surface area (Å²) in [6, 6.07) is 16.7. The van der Waals surface area contributed by atoms with Crippen LogP contribution in [0.3, 0.4) is 0 Å². The Hall–Kier alpha value is -3.89. The minimum atomic E-state index is -0.460. The van der Waals surface area contributed by atoms with Crippen LogP contribution in [0.25, 0.3) is 27.1 Å². The van der Waals surface area contributed by atoms with Crippen molar-refractivity contribution in [1.29, 1.82) is 0 Å². The zero-order valence-corrected chi connectivity index (χ0v) is 17.7. The fourth-order valence-corrected chi connectivity index (χ4v) is 4.03. The molecule has 3 heterocycles. The van der Waals surface area contributed by atoms with E-state index in [2.05, 4.69) is 15.3 Å². The number of nitro groups is 1. The van der Waals surface area contributed by atoms with Gasteiger partial charge >= 0.3 is 0 Å². The van der Waals surface area contributed by atoms with Crippen molar-refractivity contribution < 1.29 is 9.34 Å². The summed E-state index contributed by atoms with van der Waals surface area (Å²) in [5.74, 6) is 0.975. The quantitative estimate of drug-likeness (QED) is 0.274. The summed E-state index contributed by atoms with van der Waals surface area (Å²) in [6.07, 6.45) is 0.309. The smallest absolute Gasteiger partial charge is 0.297 e. The molecule has 0 fully saturated rings. The highest BCUT2D eigenvalue weighted by atomic mass is 35.5. The van der Waals surface area contributed by atoms with Gasteiger partial charge in [0, 0.05) is 29.1 Å². The molecule has 0 N–H and O–H groups in total. The van der Waals surface area contributed by atoms with Gasteiger partial charge in [-0.1, -0.05) is 35.1 Å². The normalized spacial score (nSPS) is 11.2. The lowest BCUT2D eigenvalue weighted by molar-refractivity contribution is -0.384. The number of furan rings is 1. The first-order valence-corrected chi connectivity index (χ1v) is 10.5. The van der Waals surface area contributed by atoms with Crippen molar-refractivity contribution in [1.82, 2.24) is 19.8 Å². The fourth-order valence-electron chi connectivity index (χ4n) is 3.11. The third kappa shape index (κ3) is 3.77. The molecule has 0 radical (unpaired) electrons. The van der Waals surface area contributed by atoms with Crippen LogP contribution in [0.4, 0.5) is 5.69 Å². The van der Waals surface area contributed by atoms with Crippen LogP contribution >= 0.6 is 22.9 Å². The maximum absolute atomic E-state index is 12.9. The van der Waals surface area contributed by atoms with Crippen LogP contribution in [-0.2, 0) is 6.42 Å². The number of non-ortho nitro benzene ring substituents is 1. The minimum absolute atomic E-state index is 0.000873. The van der Waals surface area contributed by atoms with Crippen molar-refractivity contribution in [2.45, 2.75) is 6.42 Å². The number of halogens is 1. The van der Waals surface area contributed by atoms with Gasteiger partial charge in [0.1, 0.15) is 11.5 Å². The first-order chi connectivity index (χ1) is 15.5. The lowest BCUT2D eigenvalue weighted by atomic mass is 10.1. The van der Waals surface area contributed by atoms with E-state index in [1.165, 1.54) is 28.0 Å². The SMILES string of the molecule is O=c1c(Cc2ccc(Cl)cc2)nnc2sc(-c3ccc(-c4ccc([N+](=O)[O-])cc4)o3)nn12. The zero-order chi connectivity index (χ0) is 22.2. The lowest BCUT2D eigenvalue weighted by Gasteiger charge is -2.00. The summed E-state index contributed by atoms with van der Waals surface area (Å²) in [5, 5.41) is 24.5. The second kappa shape index (κ2) is 7.98. The average Bonchev–Trinajstić information content (AvgIpc) is 3.45. The predicted molar refractivity (Wildman–Crippen MR) is 119 cm³/mol. The van der Waals surface area contributed by atoms with Crippen LogP contribution in [0.5, 0.6) is 0 Å². The van der Waals surface area contributed by atoms with Gasteiger partial charge in [-0.15, -0.1) is 15.3 Å². The standard InChI is InChI=1S/C21H12ClN5O4S/c22-14-5-1-12(2-6-14)11-16-20(28)26-21(24-23-16)32-19(25-26)18-10-9-17(31-18)13-3-7-15(8-4-13)27(29)30/h1-10H,11H2. The number of aromatic nitrogens is 4. The molecular formula is C21H12ClN5O4S. The summed E-state index contributed by atoms with van der Waals surface area (Å²) in [5.41, 5.74) is 1.49. The fraction of sp³-hybridized carbons (Fsp3) is 0.0476. The summed E-state index contributed by atoms with van der Waals surface area (Å²) in [4.78, 5) is 23.6. The van der Waals surface area contributed by atoms with Crippen molar-refractivity contribution in [2.75, 3.05) is 0 Å². The molecule has 0 aliphatic carbocycles. The molecule has 0 aliphatic heterocycles. The molecule has 0 amide bonds. The van der Waals surface area contributed by atoms with E-state index in [0.29, 0.717) is 38.5 Å². The molecular weight excluding hydrogens is 454 g/mol. The Bertz CT molecular complexity index is 1510. The molecule has 0 spiro atoms. The van der Waals surface area contributed by atoms with Gasteiger partial charge in [-0.05, 0) is 42.0 Å². The van der Waals surface area contributed by atoms with E-state index in [4.69, 9.17) is 16.0 Å². The second-order valence-electron chi connectivity index (χ2n) is 6.82. The number of fused-ring (bicyclic) bond motifs is 1. The van der Waals surface area contributed by atoms with Crippen molar-refractivity contribution >= 4 is 33.6 Å². The van der Waals surface area contributed by atoms with Gasteiger partial charge in [0.25, 0.3) is 11.2 Å². The van der Waals surface area contributed by atoms with Crippen LogP contribution < -0.4 is 5.56 Å². The number of hydrogen-bond acceptors (Lipinski definition) is 8. The molecule has 0 saturated carbocycles. The first kappa shape index (κ1) is 20.0. The molecule has 3 aromatic heterocycles. The monoisotopic (exact) mass is 465 g/mol. The largest absolute Gasteiger partial charge is 0.454 e. The molecule has 2 aromatic carbocycles. The maximum Gasteiger partial charge on any atom is 0.297 e. The summed E-state index contributed by atoms with van der Waals surface area (Å²) >= 11 is 7.08. The average molecular weight is 466 g/mol. The molecule has 0 bridgehead atoms. The molecule has 11 heteroatoms. The van der Waals surface area contributed by atoms with Crippen molar-refractivity contribution in [3.8, 4) is 22.1 Å². The van der Waals surface area contributed by atoms with Crippen molar-refractivity contribution in [2.24, 2.45) is 0 Å². The number of nitro benzene ring substituents is 1. The van der Waals surface area contributed by atoms with Crippen LogP contribution in [0.2, 0.25) is 5.02 Å². The summed E-state index contributed by atoms with van der Waals surface area (Å²) in [7, 11) is 0. The van der Waals surface area contributed by atoms with Gasteiger partial charge in [-0.25, -0.2) is 0 Å². The number of hydrogen-bond donors (Lipinski definition) is 0. The second-order valence-corrected chi connectivity index (χ2v) is 8.22. The predicted octanol–water partition coefficient (Wildman–Crippen LogP) is 4.63. The lowest BCUT2D eigenvalue weighted by Crippen LogP contribution is -2.22. The zero-order valence-electron chi connectivity index (χ0n) is 16.1. The topological polar surface area (TPSA) is 116 Å². The van der Waals surface area contributed by atoms with E-state index in [-0.39, 0.29) is 16.9 Å². The first-order valence-electron chi connectivity index (χ1n) is 9.33. The molecule has 32 heavy (non-hydrogen) atoms. The maximum atomic E-state index is 12.9. The van der Waals surface area contributed by atoms with E-state index in [9.17, 15) is 14.9 Å². The Balaban J connectivity index is 1.45. The van der Waals surface area contributed by atoms with Crippen molar-refractivity contribution in [3.63, 3.8) is 0 Å².